The fourth-order valence-corrected chi connectivity index (χ4v) is 2.69. The summed E-state index contributed by atoms with van der Waals surface area (Å²) in [5, 5.41) is 0. The van der Waals surface area contributed by atoms with E-state index in [2.05, 4.69) is 25.7 Å². The number of hydrogen-bond acceptors (Lipinski definition) is 3. The fourth-order valence-electron chi connectivity index (χ4n) is 2.69. The second kappa shape index (κ2) is 8.54. The maximum Gasteiger partial charge on any atom is 0.222 e. The number of nitrogens with two attached hydrogens (primary N) is 1. The van der Waals surface area contributed by atoms with Crippen molar-refractivity contribution in [3.63, 3.8) is 0 Å². The van der Waals surface area contributed by atoms with Crippen molar-refractivity contribution in [1.82, 2.24) is 9.80 Å². The molecule has 2 atom stereocenters. The van der Waals surface area contributed by atoms with Crippen LogP contribution in [-0.2, 0) is 4.79 Å². The lowest BCUT2D eigenvalue weighted by atomic mass is 10.0. The molecule has 0 spiro atoms. The lowest BCUT2D eigenvalue weighted by molar-refractivity contribution is -0.134. The highest BCUT2D eigenvalue weighted by molar-refractivity contribution is 5.76. The smallest absolute Gasteiger partial charge is 0.222 e. The molecule has 1 amide bonds. The molecule has 4 nitrogen and oxygen atoms in total. The van der Waals surface area contributed by atoms with Crippen LogP contribution in [0.3, 0.4) is 0 Å². The molecule has 112 valence electrons. The summed E-state index contributed by atoms with van der Waals surface area (Å²) in [6, 6.07) is 0.497. The Morgan fingerprint density at radius 1 is 1.21 bits per heavy atom. The van der Waals surface area contributed by atoms with Gasteiger partial charge in [0.25, 0.3) is 0 Å². The molecule has 0 aromatic rings. The van der Waals surface area contributed by atoms with E-state index >= 15 is 0 Å². The highest BCUT2D eigenvalue weighted by Crippen LogP contribution is 2.14. The highest BCUT2D eigenvalue weighted by Gasteiger charge is 2.25. The molecule has 0 aromatic heterocycles. The van der Waals surface area contributed by atoms with Crippen LogP contribution in [-0.4, -0.2) is 54.5 Å². The largest absolute Gasteiger partial charge is 0.340 e. The Morgan fingerprint density at radius 3 is 2.32 bits per heavy atom. The first-order valence-corrected chi connectivity index (χ1v) is 7.84. The van der Waals surface area contributed by atoms with E-state index in [4.69, 9.17) is 5.73 Å². The molecular formula is C15H31N3O. The maximum atomic E-state index is 12.1. The Kier molecular flexibility index (Phi) is 7.39. The molecule has 2 N–H and O–H groups in total. The summed E-state index contributed by atoms with van der Waals surface area (Å²) in [7, 11) is 0. The van der Waals surface area contributed by atoms with Crippen molar-refractivity contribution in [1.29, 1.82) is 0 Å². The Balaban J connectivity index is 2.37. The first kappa shape index (κ1) is 16.4. The van der Waals surface area contributed by atoms with E-state index in [-0.39, 0.29) is 0 Å². The minimum atomic E-state index is 0.328. The number of piperazine rings is 1. The van der Waals surface area contributed by atoms with E-state index in [1.54, 1.807) is 0 Å². The number of amides is 1. The van der Waals surface area contributed by atoms with Gasteiger partial charge in [0.2, 0.25) is 5.91 Å². The van der Waals surface area contributed by atoms with Gasteiger partial charge in [-0.15, -0.1) is 0 Å². The summed E-state index contributed by atoms with van der Waals surface area (Å²) in [6.07, 6.45) is 4.12. The second-order valence-corrected chi connectivity index (χ2v) is 5.81. The van der Waals surface area contributed by atoms with Crippen LogP contribution in [0, 0.1) is 5.92 Å². The number of rotatable bonds is 7. The van der Waals surface area contributed by atoms with Gasteiger partial charge in [-0.25, -0.2) is 0 Å². The van der Waals surface area contributed by atoms with Crippen molar-refractivity contribution in [2.24, 2.45) is 11.7 Å². The average molecular weight is 269 g/mol. The molecule has 0 bridgehead atoms. The zero-order chi connectivity index (χ0) is 14.3. The minimum absolute atomic E-state index is 0.328. The zero-order valence-corrected chi connectivity index (χ0v) is 12.9. The van der Waals surface area contributed by atoms with Crippen LogP contribution in [0.2, 0.25) is 0 Å². The van der Waals surface area contributed by atoms with Crippen LogP contribution in [0.1, 0.15) is 46.5 Å². The van der Waals surface area contributed by atoms with E-state index in [0.717, 1.165) is 45.6 Å². The number of hydrogen-bond donors (Lipinski definition) is 1. The van der Waals surface area contributed by atoms with Gasteiger partial charge < -0.3 is 10.6 Å². The Morgan fingerprint density at radius 2 is 1.84 bits per heavy atom. The topological polar surface area (TPSA) is 49.6 Å². The summed E-state index contributed by atoms with van der Waals surface area (Å²) < 4.78 is 0. The van der Waals surface area contributed by atoms with Gasteiger partial charge in [0.1, 0.15) is 0 Å². The standard InChI is InChI=1S/C15H31N3O/c1-4-6-14(12-16)17-7-9-18(10-8-17)15(19)11-13(3)5-2/h13-14H,4-12,16H2,1-3H3. The van der Waals surface area contributed by atoms with Crippen molar-refractivity contribution in [2.45, 2.75) is 52.5 Å². The molecule has 0 aromatic carbocycles. The molecule has 0 saturated carbocycles. The predicted molar refractivity (Wildman–Crippen MR) is 80.0 cm³/mol. The lowest BCUT2D eigenvalue weighted by Gasteiger charge is -2.39. The van der Waals surface area contributed by atoms with Crippen molar-refractivity contribution in [3.05, 3.63) is 0 Å². The minimum Gasteiger partial charge on any atom is -0.340 e. The van der Waals surface area contributed by atoms with Gasteiger partial charge in [-0.05, 0) is 12.3 Å². The van der Waals surface area contributed by atoms with Crippen molar-refractivity contribution in [3.8, 4) is 0 Å². The predicted octanol–water partition coefficient (Wildman–Crippen LogP) is 1.69. The van der Waals surface area contributed by atoms with E-state index in [9.17, 15) is 4.79 Å². The van der Waals surface area contributed by atoms with E-state index in [1.807, 2.05) is 4.90 Å². The van der Waals surface area contributed by atoms with Crippen LogP contribution >= 0.6 is 0 Å². The lowest BCUT2D eigenvalue weighted by Crippen LogP contribution is -2.53. The van der Waals surface area contributed by atoms with E-state index in [1.165, 1.54) is 6.42 Å². The summed E-state index contributed by atoms with van der Waals surface area (Å²) >= 11 is 0. The molecule has 0 aliphatic carbocycles. The Labute approximate surface area is 118 Å². The van der Waals surface area contributed by atoms with E-state index in [0.29, 0.717) is 24.3 Å². The number of carbonyl (C=O) groups is 1. The molecule has 0 radical (unpaired) electrons. The van der Waals surface area contributed by atoms with Crippen molar-refractivity contribution >= 4 is 5.91 Å². The number of nitrogens with zero attached hydrogens (tertiary/aromatic N) is 2. The highest BCUT2D eigenvalue weighted by atomic mass is 16.2. The summed E-state index contributed by atoms with van der Waals surface area (Å²) in [6.45, 7) is 10.9. The van der Waals surface area contributed by atoms with Crippen LogP contribution in [0.4, 0.5) is 0 Å². The first-order chi connectivity index (χ1) is 9.12. The quantitative estimate of drug-likeness (QED) is 0.765. The van der Waals surface area contributed by atoms with Gasteiger partial charge in [0.05, 0.1) is 0 Å². The summed E-state index contributed by atoms with van der Waals surface area (Å²) in [4.78, 5) is 16.6. The van der Waals surface area contributed by atoms with Gasteiger partial charge in [-0.1, -0.05) is 33.6 Å². The normalized spacial score (nSPS) is 20.3. The molecule has 1 aliphatic rings. The van der Waals surface area contributed by atoms with Crippen LogP contribution in [0.25, 0.3) is 0 Å². The first-order valence-electron chi connectivity index (χ1n) is 7.84. The summed E-state index contributed by atoms with van der Waals surface area (Å²) in [5.74, 6) is 0.830. The van der Waals surface area contributed by atoms with E-state index < -0.39 is 0 Å². The van der Waals surface area contributed by atoms with Gasteiger partial charge in [-0.2, -0.15) is 0 Å². The SMILES string of the molecule is CCCC(CN)N1CCN(C(=O)CC(C)CC)CC1. The molecule has 1 rings (SSSR count). The Bertz CT molecular complexity index is 262. The van der Waals surface area contributed by atoms with Crippen molar-refractivity contribution in [2.75, 3.05) is 32.7 Å². The number of carbonyl (C=O) groups excluding carboxylic acids is 1. The monoisotopic (exact) mass is 269 g/mol. The van der Waals surface area contributed by atoms with Crippen LogP contribution in [0.5, 0.6) is 0 Å². The second-order valence-electron chi connectivity index (χ2n) is 5.81. The molecular weight excluding hydrogens is 238 g/mol. The van der Waals surface area contributed by atoms with Crippen LogP contribution in [0.15, 0.2) is 0 Å². The molecule has 2 unspecified atom stereocenters. The Hall–Kier alpha value is -0.610. The molecule has 1 saturated heterocycles. The fraction of sp³-hybridized carbons (Fsp3) is 0.933. The molecule has 19 heavy (non-hydrogen) atoms. The summed E-state index contributed by atoms with van der Waals surface area (Å²) in [5.41, 5.74) is 5.85. The van der Waals surface area contributed by atoms with Gasteiger partial charge in [0, 0.05) is 45.2 Å². The zero-order valence-electron chi connectivity index (χ0n) is 12.9. The third-order valence-corrected chi connectivity index (χ3v) is 4.30. The molecule has 1 aliphatic heterocycles. The third-order valence-electron chi connectivity index (χ3n) is 4.30. The van der Waals surface area contributed by atoms with Gasteiger partial charge in [0.15, 0.2) is 0 Å². The van der Waals surface area contributed by atoms with Crippen molar-refractivity contribution < 1.29 is 4.79 Å². The molecule has 4 heteroatoms. The molecule has 1 fully saturated rings. The van der Waals surface area contributed by atoms with Crippen LogP contribution < -0.4 is 5.73 Å². The van der Waals surface area contributed by atoms with Gasteiger partial charge in [-0.3, -0.25) is 9.69 Å². The third kappa shape index (κ3) is 5.11. The molecule has 1 heterocycles. The average Bonchev–Trinajstić information content (AvgIpc) is 2.44. The van der Waals surface area contributed by atoms with Gasteiger partial charge >= 0.3 is 0 Å². The maximum absolute atomic E-state index is 12.1.